The molecule has 0 saturated heterocycles. The number of ether oxygens (including phenoxy) is 1. The molecule has 0 aromatic heterocycles. The van der Waals surface area contributed by atoms with Crippen LogP contribution in [0, 0.1) is 0 Å². The molecule has 0 amide bonds. The number of aryl methyl sites for hydroxylation is 1. The molecule has 1 aromatic rings. The molecule has 1 aliphatic heterocycles. The summed E-state index contributed by atoms with van der Waals surface area (Å²) >= 11 is 0. The van der Waals surface area contributed by atoms with E-state index in [1.54, 1.807) is 0 Å². The summed E-state index contributed by atoms with van der Waals surface area (Å²) in [5.41, 5.74) is 2.29. The van der Waals surface area contributed by atoms with Crippen molar-refractivity contribution < 1.29 is 9.53 Å². The van der Waals surface area contributed by atoms with Crippen LogP contribution in [0.2, 0.25) is 0 Å². The van der Waals surface area contributed by atoms with Gasteiger partial charge in [-0.15, -0.1) is 0 Å². The molecule has 2 heteroatoms. The van der Waals surface area contributed by atoms with Crippen molar-refractivity contribution in [2.24, 2.45) is 0 Å². The first-order chi connectivity index (χ1) is 6.79. The van der Waals surface area contributed by atoms with Crippen LogP contribution in [0.3, 0.4) is 0 Å². The van der Waals surface area contributed by atoms with E-state index in [-0.39, 0.29) is 5.97 Å². The van der Waals surface area contributed by atoms with E-state index >= 15 is 0 Å². The lowest BCUT2D eigenvalue weighted by molar-refractivity contribution is -0.131. The number of fused-ring (bicyclic) bond motifs is 1. The average molecular weight is 190 g/mol. The van der Waals surface area contributed by atoms with E-state index in [9.17, 15) is 4.79 Å². The molecule has 0 aliphatic carbocycles. The van der Waals surface area contributed by atoms with Crippen molar-refractivity contribution in [2.75, 3.05) is 0 Å². The Morgan fingerprint density at radius 3 is 3.07 bits per heavy atom. The first-order valence-corrected chi connectivity index (χ1v) is 5.12. The van der Waals surface area contributed by atoms with Crippen molar-refractivity contribution in [1.29, 1.82) is 0 Å². The highest BCUT2D eigenvalue weighted by molar-refractivity contribution is 5.81. The van der Waals surface area contributed by atoms with Crippen molar-refractivity contribution in [2.45, 2.75) is 32.6 Å². The minimum absolute atomic E-state index is 0.132. The Morgan fingerprint density at radius 1 is 1.43 bits per heavy atom. The van der Waals surface area contributed by atoms with E-state index in [1.807, 2.05) is 12.1 Å². The summed E-state index contributed by atoms with van der Waals surface area (Å²) in [5, 5.41) is 0. The summed E-state index contributed by atoms with van der Waals surface area (Å²) in [7, 11) is 0. The van der Waals surface area contributed by atoms with Gasteiger partial charge in [0.05, 0.1) is 6.42 Å². The monoisotopic (exact) mass is 190 g/mol. The molecule has 1 heterocycles. The first-order valence-electron chi connectivity index (χ1n) is 5.12. The Morgan fingerprint density at radius 2 is 2.29 bits per heavy atom. The average Bonchev–Trinajstić information content (AvgIpc) is 2.54. The fraction of sp³-hybridized carbons (Fsp3) is 0.417. The normalized spacial score (nSPS) is 13.9. The Labute approximate surface area is 83.9 Å². The van der Waals surface area contributed by atoms with Crippen molar-refractivity contribution in [3.05, 3.63) is 29.3 Å². The van der Waals surface area contributed by atoms with Crippen LogP contribution in [0.5, 0.6) is 5.75 Å². The molecule has 14 heavy (non-hydrogen) atoms. The summed E-state index contributed by atoms with van der Waals surface area (Å²) in [6, 6.07) is 6.09. The van der Waals surface area contributed by atoms with Crippen molar-refractivity contribution in [1.82, 2.24) is 0 Å². The molecule has 0 bridgehead atoms. The summed E-state index contributed by atoms with van der Waals surface area (Å²) in [4.78, 5) is 11.0. The third-order valence-corrected chi connectivity index (χ3v) is 2.51. The second-order valence-electron chi connectivity index (χ2n) is 3.70. The van der Waals surface area contributed by atoms with Crippen LogP contribution >= 0.6 is 0 Å². The maximum Gasteiger partial charge on any atom is 0.315 e. The van der Waals surface area contributed by atoms with Crippen LogP contribution in [0.4, 0.5) is 0 Å². The molecular weight excluding hydrogens is 176 g/mol. The van der Waals surface area contributed by atoms with E-state index in [1.165, 1.54) is 18.4 Å². The first kappa shape index (κ1) is 9.25. The van der Waals surface area contributed by atoms with E-state index < -0.39 is 0 Å². The minimum Gasteiger partial charge on any atom is -0.426 e. The second-order valence-corrected chi connectivity index (χ2v) is 3.70. The number of esters is 1. The highest BCUT2D eigenvalue weighted by atomic mass is 16.5. The number of carbonyl (C=O) groups is 1. The molecule has 0 radical (unpaired) electrons. The molecular formula is C12H14O2. The van der Waals surface area contributed by atoms with Gasteiger partial charge in [-0.05, 0) is 24.5 Å². The van der Waals surface area contributed by atoms with E-state index in [0.29, 0.717) is 6.42 Å². The highest BCUT2D eigenvalue weighted by Gasteiger charge is 2.19. The SMILES string of the molecule is CCCCc1ccc2c(c1)OC(=O)C2. The predicted molar refractivity (Wildman–Crippen MR) is 54.4 cm³/mol. The van der Waals surface area contributed by atoms with Gasteiger partial charge in [0, 0.05) is 5.56 Å². The molecule has 2 nitrogen and oxygen atoms in total. The quantitative estimate of drug-likeness (QED) is 0.540. The Kier molecular flexibility index (Phi) is 2.53. The fourth-order valence-corrected chi connectivity index (χ4v) is 1.69. The Bertz CT molecular complexity index is 355. The van der Waals surface area contributed by atoms with Crippen LogP contribution in [-0.4, -0.2) is 5.97 Å². The van der Waals surface area contributed by atoms with Crippen LogP contribution in [0.15, 0.2) is 18.2 Å². The van der Waals surface area contributed by atoms with Crippen LogP contribution in [0.25, 0.3) is 0 Å². The lowest BCUT2D eigenvalue weighted by Gasteiger charge is -2.02. The summed E-state index contributed by atoms with van der Waals surface area (Å²) < 4.78 is 5.09. The molecule has 0 N–H and O–H groups in total. The van der Waals surface area contributed by atoms with Gasteiger partial charge >= 0.3 is 5.97 Å². The topological polar surface area (TPSA) is 26.3 Å². The van der Waals surface area contributed by atoms with Crippen molar-refractivity contribution in [3.8, 4) is 5.75 Å². The number of carbonyl (C=O) groups excluding carboxylic acids is 1. The van der Waals surface area contributed by atoms with Crippen molar-refractivity contribution in [3.63, 3.8) is 0 Å². The number of hydrogen-bond donors (Lipinski definition) is 0. The molecule has 0 unspecified atom stereocenters. The highest BCUT2D eigenvalue weighted by Crippen LogP contribution is 2.27. The van der Waals surface area contributed by atoms with Gasteiger partial charge in [-0.3, -0.25) is 4.79 Å². The van der Waals surface area contributed by atoms with Gasteiger partial charge < -0.3 is 4.74 Å². The van der Waals surface area contributed by atoms with Gasteiger partial charge in [0.15, 0.2) is 0 Å². The zero-order valence-electron chi connectivity index (χ0n) is 8.38. The maximum absolute atomic E-state index is 11.0. The Hall–Kier alpha value is -1.31. The molecule has 2 rings (SSSR count). The third kappa shape index (κ3) is 1.79. The van der Waals surface area contributed by atoms with Gasteiger partial charge in [-0.2, -0.15) is 0 Å². The van der Waals surface area contributed by atoms with Crippen molar-refractivity contribution >= 4 is 5.97 Å². The lowest BCUT2D eigenvalue weighted by Crippen LogP contribution is -2.00. The van der Waals surface area contributed by atoms with E-state index in [4.69, 9.17) is 4.74 Å². The second kappa shape index (κ2) is 3.82. The predicted octanol–water partition coefficient (Wildman–Crippen LogP) is 2.49. The van der Waals surface area contributed by atoms with Crippen LogP contribution in [-0.2, 0) is 17.6 Å². The molecule has 74 valence electrons. The Balaban J connectivity index is 2.16. The summed E-state index contributed by atoms with van der Waals surface area (Å²) in [5.74, 6) is 0.635. The van der Waals surface area contributed by atoms with Gasteiger partial charge in [-0.25, -0.2) is 0 Å². The molecule has 0 spiro atoms. The summed E-state index contributed by atoms with van der Waals surface area (Å²) in [6.45, 7) is 2.17. The molecule has 1 aromatic carbocycles. The summed E-state index contributed by atoms with van der Waals surface area (Å²) in [6.07, 6.45) is 3.88. The van der Waals surface area contributed by atoms with Gasteiger partial charge in [-0.1, -0.05) is 25.5 Å². The van der Waals surface area contributed by atoms with Gasteiger partial charge in [0.25, 0.3) is 0 Å². The smallest absolute Gasteiger partial charge is 0.315 e. The largest absolute Gasteiger partial charge is 0.426 e. The molecule has 1 aliphatic rings. The van der Waals surface area contributed by atoms with E-state index in [0.717, 1.165) is 17.7 Å². The number of hydrogen-bond acceptors (Lipinski definition) is 2. The van der Waals surface area contributed by atoms with E-state index in [2.05, 4.69) is 13.0 Å². The molecule has 0 fully saturated rings. The maximum atomic E-state index is 11.0. The number of rotatable bonds is 3. The van der Waals surface area contributed by atoms with Gasteiger partial charge in [0.2, 0.25) is 0 Å². The standard InChI is InChI=1S/C12H14O2/c1-2-3-4-9-5-6-10-8-12(13)14-11(10)7-9/h5-7H,2-4,8H2,1H3. The lowest BCUT2D eigenvalue weighted by atomic mass is 10.1. The molecule has 0 atom stereocenters. The minimum atomic E-state index is -0.132. The van der Waals surface area contributed by atoms with Gasteiger partial charge in [0.1, 0.15) is 5.75 Å². The third-order valence-electron chi connectivity index (χ3n) is 2.51. The number of unbranched alkanes of at least 4 members (excludes halogenated alkanes) is 1. The molecule has 0 saturated carbocycles. The zero-order chi connectivity index (χ0) is 9.97. The fourth-order valence-electron chi connectivity index (χ4n) is 1.69. The zero-order valence-corrected chi connectivity index (χ0v) is 8.38. The van der Waals surface area contributed by atoms with Crippen LogP contribution < -0.4 is 4.74 Å². The number of benzene rings is 1. The van der Waals surface area contributed by atoms with Crippen LogP contribution in [0.1, 0.15) is 30.9 Å².